The molecule has 1 saturated heterocycles. The molecule has 6 heteroatoms. The van der Waals surface area contributed by atoms with Gasteiger partial charge in [0.2, 0.25) is 0 Å². The Balaban J connectivity index is 1.85. The lowest BCUT2D eigenvalue weighted by molar-refractivity contribution is 0.114. The zero-order chi connectivity index (χ0) is 15.1. The molecule has 21 heavy (non-hydrogen) atoms. The summed E-state index contributed by atoms with van der Waals surface area (Å²) in [6.45, 7) is 3.47. The predicted molar refractivity (Wildman–Crippen MR) is 87.9 cm³/mol. The summed E-state index contributed by atoms with van der Waals surface area (Å²) < 4.78 is 10.8. The average Bonchev–Trinajstić information content (AvgIpc) is 3.04. The number of nitrogens with zero attached hydrogens (tertiary/aromatic N) is 1. The number of hydrogen-bond donors (Lipinski definition) is 2. The lowest BCUT2D eigenvalue weighted by atomic mass is 10.1. The van der Waals surface area contributed by atoms with Gasteiger partial charge in [-0.3, -0.25) is 5.43 Å². The molecule has 1 aromatic rings. The number of nitrogens with one attached hydrogen (secondary N) is 2. The molecule has 1 aliphatic rings. The first kappa shape index (κ1) is 15.7. The van der Waals surface area contributed by atoms with E-state index in [1.165, 1.54) is 0 Å². The van der Waals surface area contributed by atoms with Crippen molar-refractivity contribution in [1.29, 1.82) is 0 Å². The van der Waals surface area contributed by atoms with Gasteiger partial charge in [-0.2, -0.15) is 5.10 Å². The van der Waals surface area contributed by atoms with Crippen LogP contribution in [-0.2, 0) is 4.74 Å². The van der Waals surface area contributed by atoms with E-state index < -0.39 is 0 Å². The molecular weight excluding hydrogens is 286 g/mol. The van der Waals surface area contributed by atoms with Crippen LogP contribution >= 0.6 is 12.2 Å². The number of benzene rings is 1. The minimum atomic E-state index is 0.254. The van der Waals surface area contributed by atoms with Crippen LogP contribution < -0.4 is 15.5 Å². The van der Waals surface area contributed by atoms with Crippen molar-refractivity contribution in [3.8, 4) is 5.75 Å². The monoisotopic (exact) mass is 307 g/mol. The molecule has 1 atom stereocenters. The zero-order valence-corrected chi connectivity index (χ0v) is 13.2. The minimum absolute atomic E-state index is 0.254. The van der Waals surface area contributed by atoms with Gasteiger partial charge in [0.1, 0.15) is 5.75 Å². The molecule has 0 amide bonds. The van der Waals surface area contributed by atoms with Gasteiger partial charge in [0.25, 0.3) is 0 Å². The molecule has 2 rings (SSSR count). The van der Waals surface area contributed by atoms with E-state index in [4.69, 9.17) is 21.7 Å². The van der Waals surface area contributed by atoms with Crippen molar-refractivity contribution in [3.05, 3.63) is 29.8 Å². The topological polar surface area (TPSA) is 54.9 Å². The van der Waals surface area contributed by atoms with Crippen LogP contribution in [0.1, 0.15) is 25.3 Å². The van der Waals surface area contributed by atoms with Gasteiger partial charge in [-0.15, -0.1) is 0 Å². The maximum absolute atomic E-state index is 5.53. The van der Waals surface area contributed by atoms with E-state index in [2.05, 4.69) is 15.8 Å². The molecule has 0 aliphatic carbocycles. The highest BCUT2D eigenvalue weighted by Crippen LogP contribution is 2.17. The number of methoxy groups -OCH3 is 1. The molecule has 0 saturated carbocycles. The van der Waals surface area contributed by atoms with Crippen LogP contribution in [0.15, 0.2) is 29.4 Å². The van der Waals surface area contributed by atoms with Crippen LogP contribution in [0.3, 0.4) is 0 Å². The summed E-state index contributed by atoms with van der Waals surface area (Å²) in [5.74, 6) is 0.791. The number of thiocarbonyl (C=S) groups is 1. The number of para-hydroxylation sites is 1. The Bertz CT molecular complexity index is 513. The Hall–Kier alpha value is -1.66. The second kappa shape index (κ2) is 7.95. The summed E-state index contributed by atoms with van der Waals surface area (Å²) in [6, 6.07) is 7.74. The summed E-state index contributed by atoms with van der Waals surface area (Å²) in [4.78, 5) is 0. The van der Waals surface area contributed by atoms with Crippen LogP contribution in [0.25, 0.3) is 0 Å². The van der Waals surface area contributed by atoms with Gasteiger partial charge >= 0.3 is 0 Å². The molecule has 0 radical (unpaired) electrons. The number of rotatable bonds is 5. The highest BCUT2D eigenvalue weighted by Gasteiger charge is 2.15. The van der Waals surface area contributed by atoms with E-state index in [0.29, 0.717) is 5.11 Å². The van der Waals surface area contributed by atoms with Gasteiger partial charge in [0.15, 0.2) is 5.11 Å². The van der Waals surface area contributed by atoms with Crippen molar-refractivity contribution in [3.63, 3.8) is 0 Å². The third-order valence-electron chi connectivity index (χ3n) is 3.34. The predicted octanol–water partition coefficient (Wildman–Crippen LogP) is 2.06. The number of hydrazone groups is 1. The second-order valence-corrected chi connectivity index (χ2v) is 5.26. The summed E-state index contributed by atoms with van der Waals surface area (Å²) in [5, 5.41) is 7.91. The van der Waals surface area contributed by atoms with Crippen molar-refractivity contribution in [2.45, 2.75) is 25.9 Å². The molecule has 1 unspecified atom stereocenters. The smallest absolute Gasteiger partial charge is 0.187 e. The largest absolute Gasteiger partial charge is 0.496 e. The number of hydrogen-bond acceptors (Lipinski definition) is 4. The first-order valence-corrected chi connectivity index (χ1v) is 7.44. The fourth-order valence-corrected chi connectivity index (χ4v) is 2.32. The molecule has 1 heterocycles. The molecule has 0 spiro atoms. The standard InChI is InChI=1S/C15H21N3O2S/c1-11(13-7-3-4-8-14(13)19-2)17-18-15(21)16-10-12-6-5-9-20-12/h3-4,7-8,12H,5-6,9-10H2,1-2H3,(H2,16,18,21)/b17-11+. The van der Waals surface area contributed by atoms with Crippen LogP contribution in [0.2, 0.25) is 0 Å². The van der Waals surface area contributed by atoms with Gasteiger partial charge < -0.3 is 14.8 Å². The quantitative estimate of drug-likeness (QED) is 0.495. The molecule has 0 bridgehead atoms. The van der Waals surface area contributed by atoms with Crippen molar-refractivity contribution in [2.75, 3.05) is 20.3 Å². The van der Waals surface area contributed by atoms with Crippen molar-refractivity contribution in [1.82, 2.24) is 10.7 Å². The third-order valence-corrected chi connectivity index (χ3v) is 3.57. The van der Waals surface area contributed by atoms with Crippen LogP contribution in [0, 0.1) is 0 Å². The molecule has 1 aromatic carbocycles. The maximum atomic E-state index is 5.53. The third kappa shape index (κ3) is 4.68. The van der Waals surface area contributed by atoms with Crippen LogP contribution in [0.5, 0.6) is 5.75 Å². The minimum Gasteiger partial charge on any atom is -0.496 e. The summed E-state index contributed by atoms with van der Waals surface area (Å²) in [7, 11) is 1.65. The molecular formula is C15H21N3O2S. The Morgan fingerprint density at radius 3 is 3.00 bits per heavy atom. The first-order chi connectivity index (χ1) is 10.2. The van der Waals surface area contributed by atoms with Gasteiger partial charge in [-0.05, 0) is 44.1 Å². The number of ether oxygens (including phenoxy) is 2. The fraction of sp³-hybridized carbons (Fsp3) is 0.467. The van der Waals surface area contributed by atoms with E-state index in [1.807, 2.05) is 31.2 Å². The Morgan fingerprint density at radius 2 is 2.29 bits per heavy atom. The van der Waals surface area contributed by atoms with E-state index in [0.717, 1.165) is 43.0 Å². The SMILES string of the molecule is COc1ccccc1/C(C)=N/NC(=S)NCC1CCCO1. The van der Waals surface area contributed by atoms with Gasteiger partial charge in [0.05, 0.1) is 18.9 Å². The lowest BCUT2D eigenvalue weighted by Gasteiger charge is -2.12. The second-order valence-electron chi connectivity index (χ2n) is 4.85. The van der Waals surface area contributed by atoms with Crippen molar-refractivity contribution >= 4 is 23.0 Å². The summed E-state index contributed by atoms with van der Waals surface area (Å²) in [6.07, 6.45) is 2.46. The summed E-state index contributed by atoms with van der Waals surface area (Å²) >= 11 is 5.20. The molecule has 2 N–H and O–H groups in total. The molecule has 1 fully saturated rings. The van der Waals surface area contributed by atoms with E-state index >= 15 is 0 Å². The van der Waals surface area contributed by atoms with Crippen molar-refractivity contribution < 1.29 is 9.47 Å². The normalized spacial score (nSPS) is 18.4. The molecule has 5 nitrogen and oxygen atoms in total. The zero-order valence-electron chi connectivity index (χ0n) is 12.4. The fourth-order valence-electron chi connectivity index (χ4n) is 2.19. The van der Waals surface area contributed by atoms with Gasteiger partial charge in [-0.25, -0.2) is 0 Å². The van der Waals surface area contributed by atoms with E-state index in [1.54, 1.807) is 7.11 Å². The highest BCUT2D eigenvalue weighted by molar-refractivity contribution is 7.80. The molecule has 114 valence electrons. The summed E-state index contributed by atoms with van der Waals surface area (Å²) in [5.41, 5.74) is 4.61. The van der Waals surface area contributed by atoms with E-state index in [9.17, 15) is 0 Å². The molecule has 1 aliphatic heterocycles. The van der Waals surface area contributed by atoms with E-state index in [-0.39, 0.29) is 6.10 Å². The Kier molecular flexibility index (Phi) is 5.95. The maximum Gasteiger partial charge on any atom is 0.187 e. The van der Waals surface area contributed by atoms with Gasteiger partial charge in [-0.1, -0.05) is 12.1 Å². The Labute approximate surface area is 130 Å². The highest BCUT2D eigenvalue weighted by atomic mass is 32.1. The molecule has 0 aromatic heterocycles. The van der Waals surface area contributed by atoms with Crippen LogP contribution in [0.4, 0.5) is 0 Å². The Morgan fingerprint density at radius 1 is 1.48 bits per heavy atom. The average molecular weight is 307 g/mol. The van der Waals surface area contributed by atoms with Gasteiger partial charge in [0, 0.05) is 18.7 Å². The first-order valence-electron chi connectivity index (χ1n) is 7.04. The lowest BCUT2D eigenvalue weighted by Crippen LogP contribution is -2.37. The van der Waals surface area contributed by atoms with Crippen molar-refractivity contribution in [2.24, 2.45) is 5.10 Å². The van der Waals surface area contributed by atoms with Crippen LogP contribution in [-0.4, -0.2) is 37.2 Å².